The number of hydrogen-bond donors (Lipinski definition) is 0. The molecule has 0 aliphatic carbocycles. The molecule has 0 spiro atoms. The van der Waals surface area contributed by atoms with Crippen LogP contribution in [-0.4, -0.2) is 18.2 Å². The van der Waals surface area contributed by atoms with Gasteiger partial charge in [0.15, 0.2) is 0 Å². The van der Waals surface area contributed by atoms with Crippen LogP contribution in [0.4, 0.5) is 5.69 Å². The topological polar surface area (TPSA) is 20.3 Å². The summed E-state index contributed by atoms with van der Waals surface area (Å²) in [6, 6.07) is 5.99. The van der Waals surface area contributed by atoms with E-state index in [1.165, 1.54) is 0 Å². The van der Waals surface area contributed by atoms with E-state index in [2.05, 4.69) is 6.07 Å². The zero-order chi connectivity index (χ0) is 11.0. The van der Waals surface area contributed by atoms with Crippen LogP contribution in [0.2, 0.25) is 0 Å². The van der Waals surface area contributed by atoms with Crippen molar-refractivity contribution in [2.45, 2.75) is 22.9 Å². The van der Waals surface area contributed by atoms with Crippen molar-refractivity contribution >= 4 is 35.0 Å². The highest BCUT2D eigenvalue weighted by atomic mass is 35.5. The normalized spacial score (nSPS) is 20.3. The van der Waals surface area contributed by atoms with Crippen molar-refractivity contribution in [3.05, 3.63) is 23.8 Å². The van der Waals surface area contributed by atoms with Crippen LogP contribution < -0.4 is 4.90 Å². The van der Waals surface area contributed by atoms with Gasteiger partial charge in [-0.25, -0.2) is 0 Å². The Bertz CT molecular complexity index is 408. The molecule has 80 valence electrons. The van der Waals surface area contributed by atoms with E-state index in [0.717, 1.165) is 16.1 Å². The molecular formula is C11H12ClNOS. The van der Waals surface area contributed by atoms with Gasteiger partial charge in [0.05, 0.1) is 10.9 Å². The maximum atomic E-state index is 11.7. The monoisotopic (exact) mass is 241 g/mol. The zero-order valence-corrected chi connectivity index (χ0v) is 10.2. The molecule has 1 aliphatic rings. The van der Waals surface area contributed by atoms with Crippen molar-refractivity contribution in [1.82, 2.24) is 0 Å². The Kier molecular flexibility index (Phi) is 2.94. The van der Waals surface area contributed by atoms with E-state index in [-0.39, 0.29) is 11.2 Å². The average Bonchev–Trinajstić information content (AvgIpc) is 2.25. The molecule has 0 saturated carbocycles. The second-order valence-corrected chi connectivity index (χ2v) is 5.24. The van der Waals surface area contributed by atoms with Gasteiger partial charge in [0, 0.05) is 17.8 Å². The molecule has 15 heavy (non-hydrogen) atoms. The summed E-state index contributed by atoms with van der Waals surface area (Å²) >= 11 is 7.38. The summed E-state index contributed by atoms with van der Waals surface area (Å²) in [6.07, 6.45) is 0. The molecule has 0 aromatic heterocycles. The van der Waals surface area contributed by atoms with E-state index >= 15 is 0 Å². The number of alkyl halides is 1. The minimum absolute atomic E-state index is 0.00641. The van der Waals surface area contributed by atoms with Gasteiger partial charge in [0.2, 0.25) is 5.91 Å². The summed E-state index contributed by atoms with van der Waals surface area (Å²) in [4.78, 5) is 14.6. The minimum Gasteiger partial charge on any atom is -0.313 e. The molecule has 1 atom stereocenters. The van der Waals surface area contributed by atoms with Crippen LogP contribution in [0.1, 0.15) is 12.5 Å². The van der Waals surface area contributed by atoms with Gasteiger partial charge in [-0.05, 0) is 24.6 Å². The number of amides is 1. The van der Waals surface area contributed by atoms with Crippen molar-refractivity contribution < 1.29 is 4.79 Å². The Morgan fingerprint density at radius 2 is 2.27 bits per heavy atom. The van der Waals surface area contributed by atoms with Gasteiger partial charge < -0.3 is 4.90 Å². The van der Waals surface area contributed by atoms with E-state index in [4.69, 9.17) is 11.6 Å². The first kappa shape index (κ1) is 10.8. The van der Waals surface area contributed by atoms with Crippen molar-refractivity contribution in [2.24, 2.45) is 0 Å². The number of fused-ring (bicyclic) bond motifs is 1. The van der Waals surface area contributed by atoms with Gasteiger partial charge in [0.1, 0.15) is 0 Å². The lowest BCUT2D eigenvalue weighted by atomic mass is 10.2. The maximum Gasteiger partial charge on any atom is 0.239 e. The van der Waals surface area contributed by atoms with Crippen LogP contribution in [0, 0.1) is 0 Å². The van der Waals surface area contributed by atoms with Crippen molar-refractivity contribution in [2.75, 3.05) is 11.9 Å². The average molecular weight is 242 g/mol. The molecule has 2 rings (SSSR count). The number of thioether (sulfide) groups is 1. The fourth-order valence-electron chi connectivity index (χ4n) is 1.65. The molecule has 0 saturated heterocycles. The van der Waals surface area contributed by atoms with Gasteiger partial charge in [-0.1, -0.05) is 6.07 Å². The molecule has 1 aliphatic heterocycles. The first-order valence-electron chi connectivity index (χ1n) is 4.76. The highest BCUT2D eigenvalue weighted by Gasteiger charge is 2.27. The standard InChI is InChI=1S/C11H12ClNOS/c1-7-11(14)13(2)9-4-3-8(6-12)5-10(9)15-7/h3-5,7H,6H2,1-2H3. The van der Waals surface area contributed by atoms with Crippen LogP contribution in [0.25, 0.3) is 0 Å². The molecular weight excluding hydrogens is 230 g/mol. The third kappa shape index (κ3) is 1.86. The Morgan fingerprint density at radius 3 is 2.93 bits per heavy atom. The predicted molar refractivity (Wildman–Crippen MR) is 64.7 cm³/mol. The number of nitrogens with zero attached hydrogens (tertiary/aromatic N) is 1. The minimum atomic E-state index is -0.00641. The summed E-state index contributed by atoms with van der Waals surface area (Å²) in [5.74, 6) is 0.672. The third-order valence-electron chi connectivity index (χ3n) is 2.52. The lowest BCUT2D eigenvalue weighted by molar-refractivity contribution is -0.117. The Labute approximate surface area is 98.6 Å². The Morgan fingerprint density at radius 1 is 1.53 bits per heavy atom. The molecule has 0 bridgehead atoms. The molecule has 0 N–H and O–H groups in total. The maximum absolute atomic E-state index is 11.7. The molecule has 1 unspecified atom stereocenters. The smallest absolute Gasteiger partial charge is 0.239 e. The number of benzene rings is 1. The SMILES string of the molecule is CC1Sc2cc(CCl)ccc2N(C)C1=O. The molecule has 1 aromatic carbocycles. The molecule has 1 amide bonds. The quantitative estimate of drug-likeness (QED) is 0.705. The molecule has 0 radical (unpaired) electrons. The van der Waals surface area contributed by atoms with Crippen LogP contribution in [0.5, 0.6) is 0 Å². The summed E-state index contributed by atoms with van der Waals surface area (Å²) in [5, 5.41) is -0.00641. The highest BCUT2D eigenvalue weighted by Crippen LogP contribution is 2.38. The van der Waals surface area contributed by atoms with Crippen molar-refractivity contribution in [1.29, 1.82) is 0 Å². The van der Waals surface area contributed by atoms with Crippen molar-refractivity contribution in [3.8, 4) is 0 Å². The van der Waals surface area contributed by atoms with Crippen LogP contribution in [0.15, 0.2) is 23.1 Å². The summed E-state index contributed by atoms with van der Waals surface area (Å²) in [7, 11) is 1.82. The van der Waals surface area contributed by atoms with Gasteiger partial charge >= 0.3 is 0 Å². The van der Waals surface area contributed by atoms with Gasteiger partial charge in [-0.2, -0.15) is 0 Å². The summed E-state index contributed by atoms with van der Waals surface area (Å²) in [5.41, 5.74) is 2.08. The van der Waals surface area contributed by atoms with Gasteiger partial charge in [-0.3, -0.25) is 4.79 Å². The Balaban J connectivity index is 2.45. The number of carbonyl (C=O) groups excluding carboxylic acids is 1. The lowest BCUT2D eigenvalue weighted by Gasteiger charge is -2.29. The van der Waals surface area contributed by atoms with E-state index in [0.29, 0.717) is 5.88 Å². The summed E-state index contributed by atoms with van der Waals surface area (Å²) < 4.78 is 0. The van der Waals surface area contributed by atoms with Crippen LogP contribution in [0.3, 0.4) is 0 Å². The third-order valence-corrected chi connectivity index (χ3v) is 3.97. The van der Waals surface area contributed by atoms with E-state index in [9.17, 15) is 4.79 Å². The Hall–Kier alpha value is -0.670. The molecule has 0 fully saturated rings. The lowest BCUT2D eigenvalue weighted by Crippen LogP contribution is -2.36. The zero-order valence-electron chi connectivity index (χ0n) is 8.66. The number of halogens is 1. The first-order chi connectivity index (χ1) is 7.13. The molecule has 2 nitrogen and oxygen atoms in total. The number of rotatable bonds is 1. The van der Waals surface area contributed by atoms with E-state index in [1.54, 1.807) is 16.7 Å². The molecule has 1 heterocycles. The second-order valence-electron chi connectivity index (χ2n) is 3.59. The van der Waals surface area contributed by atoms with Gasteiger partial charge in [0.25, 0.3) is 0 Å². The fourth-order valence-corrected chi connectivity index (χ4v) is 3.00. The summed E-state index contributed by atoms with van der Waals surface area (Å²) in [6.45, 7) is 1.93. The van der Waals surface area contributed by atoms with Gasteiger partial charge in [-0.15, -0.1) is 23.4 Å². The van der Waals surface area contributed by atoms with Crippen LogP contribution in [-0.2, 0) is 10.7 Å². The largest absolute Gasteiger partial charge is 0.313 e. The predicted octanol–water partition coefficient (Wildman–Crippen LogP) is 2.88. The van der Waals surface area contributed by atoms with Crippen molar-refractivity contribution in [3.63, 3.8) is 0 Å². The second kappa shape index (κ2) is 4.06. The van der Waals surface area contributed by atoms with E-state index < -0.39 is 0 Å². The van der Waals surface area contributed by atoms with E-state index in [1.807, 2.05) is 26.1 Å². The first-order valence-corrected chi connectivity index (χ1v) is 6.18. The van der Waals surface area contributed by atoms with Crippen LogP contribution >= 0.6 is 23.4 Å². The molecule has 4 heteroatoms. The number of carbonyl (C=O) groups is 1. The fraction of sp³-hybridized carbons (Fsp3) is 0.364. The molecule has 1 aromatic rings. The number of hydrogen-bond acceptors (Lipinski definition) is 2. The number of anilines is 1. The highest BCUT2D eigenvalue weighted by molar-refractivity contribution is 8.00.